The zero-order valence-corrected chi connectivity index (χ0v) is 15.2. The van der Waals surface area contributed by atoms with Crippen molar-refractivity contribution in [3.05, 3.63) is 47.4 Å². The smallest absolute Gasteiger partial charge is 0.126 e. The Morgan fingerprint density at radius 1 is 1.25 bits per heavy atom. The molecule has 0 fully saturated rings. The van der Waals surface area contributed by atoms with Gasteiger partial charge in [0.2, 0.25) is 0 Å². The van der Waals surface area contributed by atoms with Gasteiger partial charge in [-0.1, -0.05) is 19.9 Å². The van der Waals surface area contributed by atoms with Gasteiger partial charge in [-0.25, -0.2) is 9.97 Å². The number of aryl methyl sites for hydroxylation is 2. The van der Waals surface area contributed by atoms with Crippen molar-refractivity contribution in [3.8, 4) is 10.6 Å². The van der Waals surface area contributed by atoms with Gasteiger partial charge in [0.1, 0.15) is 10.8 Å². The first-order valence-corrected chi connectivity index (χ1v) is 9.10. The molecule has 0 saturated heterocycles. The summed E-state index contributed by atoms with van der Waals surface area (Å²) in [5, 5.41) is 10.6. The number of nitrogens with one attached hydrogen (secondary N) is 1. The SMILES string of the molecule is CC(C)CCc1ccc(NCc2csc(-c3cnn(C)c3)n2)nc1. The maximum Gasteiger partial charge on any atom is 0.126 e. The fourth-order valence-corrected chi connectivity index (χ4v) is 3.16. The lowest BCUT2D eigenvalue weighted by atomic mass is 10.0. The highest BCUT2D eigenvalue weighted by Gasteiger charge is 2.07. The Morgan fingerprint density at radius 3 is 2.79 bits per heavy atom. The Balaban J connectivity index is 1.55. The van der Waals surface area contributed by atoms with Crippen molar-refractivity contribution in [2.45, 2.75) is 33.2 Å². The van der Waals surface area contributed by atoms with Gasteiger partial charge in [0, 0.05) is 30.4 Å². The van der Waals surface area contributed by atoms with E-state index in [1.54, 1.807) is 16.0 Å². The quantitative estimate of drug-likeness (QED) is 0.702. The van der Waals surface area contributed by atoms with Crippen molar-refractivity contribution in [2.75, 3.05) is 5.32 Å². The zero-order valence-electron chi connectivity index (χ0n) is 14.4. The third-order valence-corrected chi connectivity index (χ3v) is 4.73. The monoisotopic (exact) mass is 341 g/mol. The lowest BCUT2D eigenvalue weighted by Crippen LogP contribution is -2.02. The average molecular weight is 341 g/mol. The molecule has 1 N–H and O–H groups in total. The molecule has 0 atom stereocenters. The first-order chi connectivity index (χ1) is 11.6. The molecular weight excluding hydrogens is 318 g/mol. The average Bonchev–Trinajstić information content (AvgIpc) is 3.20. The first kappa shape index (κ1) is 16.6. The predicted molar refractivity (Wildman–Crippen MR) is 99.0 cm³/mol. The van der Waals surface area contributed by atoms with Gasteiger partial charge in [0.25, 0.3) is 0 Å². The molecule has 0 aliphatic rings. The standard InChI is InChI=1S/C18H23N5S/c1-13(2)4-5-14-6-7-17(19-8-14)20-10-16-12-24-18(22-16)15-9-21-23(3)11-15/h6-9,11-13H,4-5,10H2,1-3H3,(H,19,20). The molecule has 6 heteroatoms. The van der Waals surface area contributed by atoms with E-state index < -0.39 is 0 Å². The maximum atomic E-state index is 4.65. The van der Waals surface area contributed by atoms with Crippen molar-refractivity contribution >= 4 is 17.2 Å². The second kappa shape index (κ2) is 7.57. The van der Waals surface area contributed by atoms with Gasteiger partial charge in [-0.3, -0.25) is 4.68 Å². The molecule has 0 radical (unpaired) electrons. The van der Waals surface area contributed by atoms with E-state index in [2.05, 4.69) is 45.7 Å². The van der Waals surface area contributed by atoms with Crippen molar-refractivity contribution in [1.29, 1.82) is 0 Å². The molecule has 0 aliphatic heterocycles. The molecule has 24 heavy (non-hydrogen) atoms. The molecule has 0 unspecified atom stereocenters. The molecule has 126 valence electrons. The number of pyridine rings is 1. The third kappa shape index (κ3) is 4.41. The largest absolute Gasteiger partial charge is 0.364 e. The number of aromatic nitrogens is 4. The normalized spacial score (nSPS) is 11.2. The Bertz CT molecular complexity index is 773. The predicted octanol–water partition coefficient (Wildman–Crippen LogP) is 4.14. The van der Waals surface area contributed by atoms with Crippen LogP contribution >= 0.6 is 11.3 Å². The van der Waals surface area contributed by atoms with Crippen LogP contribution in [0.3, 0.4) is 0 Å². The number of hydrogen-bond donors (Lipinski definition) is 1. The Hall–Kier alpha value is -2.21. The van der Waals surface area contributed by atoms with Crippen LogP contribution in [0.5, 0.6) is 0 Å². The number of thiazole rings is 1. The highest BCUT2D eigenvalue weighted by atomic mass is 32.1. The number of anilines is 1. The van der Waals surface area contributed by atoms with E-state index in [1.165, 1.54) is 12.0 Å². The van der Waals surface area contributed by atoms with Crippen LogP contribution in [0.25, 0.3) is 10.6 Å². The lowest BCUT2D eigenvalue weighted by Gasteiger charge is -2.06. The van der Waals surface area contributed by atoms with Crippen LogP contribution in [0.2, 0.25) is 0 Å². The molecule has 5 nitrogen and oxygen atoms in total. The second-order valence-corrected chi connectivity index (χ2v) is 7.24. The molecule has 0 saturated carbocycles. The van der Waals surface area contributed by atoms with Crippen LogP contribution in [-0.4, -0.2) is 19.7 Å². The van der Waals surface area contributed by atoms with Crippen LogP contribution in [-0.2, 0) is 20.0 Å². The van der Waals surface area contributed by atoms with Crippen molar-refractivity contribution in [3.63, 3.8) is 0 Å². The van der Waals surface area contributed by atoms with Gasteiger partial charge >= 0.3 is 0 Å². The van der Waals surface area contributed by atoms with E-state index in [4.69, 9.17) is 0 Å². The Kier molecular flexibility index (Phi) is 5.25. The van der Waals surface area contributed by atoms with Crippen molar-refractivity contribution in [1.82, 2.24) is 19.7 Å². The third-order valence-electron chi connectivity index (χ3n) is 3.79. The highest BCUT2D eigenvalue weighted by Crippen LogP contribution is 2.23. The van der Waals surface area contributed by atoms with Crippen molar-refractivity contribution in [2.24, 2.45) is 13.0 Å². The summed E-state index contributed by atoms with van der Waals surface area (Å²) in [6.45, 7) is 5.17. The lowest BCUT2D eigenvalue weighted by molar-refractivity contribution is 0.586. The van der Waals surface area contributed by atoms with E-state index >= 15 is 0 Å². The molecular formula is C18H23N5S. The molecule has 0 amide bonds. The van der Waals surface area contributed by atoms with Gasteiger partial charge in [-0.2, -0.15) is 5.10 Å². The molecule has 0 bridgehead atoms. The van der Waals surface area contributed by atoms with Gasteiger partial charge in [-0.05, 0) is 30.4 Å². The van der Waals surface area contributed by atoms with Gasteiger partial charge in [0.05, 0.1) is 18.4 Å². The molecule has 0 aromatic carbocycles. The summed E-state index contributed by atoms with van der Waals surface area (Å²) in [5.41, 5.74) is 3.37. The second-order valence-electron chi connectivity index (χ2n) is 6.38. The number of hydrogen-bond acceptors (Lipinski definition) is 5. The minimum Gasteiger partial charge on any atom is -0.364 e. The fraction of sp³-hybridized carbons (Fsp3) is 0.389. The molecule has 3 aromatic rings. The summed E-state index contributed by atoms with van der Waals surface area (Å²) in [4.78, 5) is 9.14. The maximum absolute atomic E-state index is 4.65. The summed E-state index contributed by atoms with van der Waals surface area (Å²) >= 11 is 1.64. The van der Waals surface area contributed by atoms with E-state index in [0.717, 1.165) is 34.4 Å². The van der Waals surface area contributed by atoms with Gasteiger partial charge in [-0.15, -0.1) is 11.3 Å². The summed E-state index contributed by atoms with van der Waals surface area (Å²) in [5.74, 6) is 1.61. The van der Waals surface area contributed by atoms with E-state index in [9.17, 15) is 0 Å². The Labute approximate surface area is 146 Å². The summed E-state index contributed by atoms with van der Waals surface area (Å²) < 4.78 is 1.79. The molecule has 3 aromatic heterocycles. The first-order valence-electron chi connectivity index (χ1n) is 8.22. The summed E-state index contributed by atoms with van der Waals surface area (Å²) in [7, 11) is 1.91. The van der Waals surface area contributed by atoms with E-state index in [0.29, 0.717) is 6.54 Å². The molecule has 0 spiro atoms. The summed E-state index contributed by atoms with van der Waals surface area (Å²) in [6.07, 6.45) is 8.07. The minimum absolute atomic E-state index is 0.676. The van der Waals surface area contributed by atoms with Crippen LogP contribution in [0.15, 0.2) is 36.1 Å². The highest BCUT2D eigenvalue weighted by molar-refractivity contribution is 7.13. The van der Waals surface area contributed by atoms with E-state index in [-0.39, 0.29) is 0 Å². The fourth-order valence-electron chi connectivity index (χ4n) is 2.37. The number of rotatable bonds is 7. The van der Waals surface area contributed by atoms with E-state index in [1.807, 2.05) is 31.7 Å². The van der Waals surface area contributed by atoms with Crippen molar-refractivity contribution < 1.29 is 0 Å². The van der Waals surface area contributed by atoms with Gasteiger partial charge in [0.15, 0.2) is 0 Å². The molecule has 0 aliphatic carbocycles. The zero-order chi connectivity index (χ0) is 16.9. The van der Waals surface area contributed by atoms with Crippen LogP contribution in [0, 0.1) is 5.92 Å². The summed E-state index contributed by atoms with van der Waals surface area (Å²) in [6, 6.07) is 4.20. The van der Waals surface area contributed by atoms with Crippen LogP contribution in [0.4, 0.5) is 5.82 Å². The number of nitrogens with zero attached hydrogens (tertiary/aromatic N) is 4. The Morgan fingerprint density at radius 2 is 2.12 bits per heavy atom. The molecule has 3 heterocycles. The van der Waals surface area contributed by atoms with Crippen LogP contribution < -0.4 is 5.32 Å². The van der Waals surface area contributed by atoms with Crippen LogP contribution in [0.1, 0.15) is 31.5 Å². The molecule has 3 rings (SSSR count). The minimum atomic E-state index is 0.676. The topological polar surface area (TPSA) is 55.6 Å². The van der Waals surface area contributed by atoms with Gasteiger partial charge < -0.3 is 5.32 Å².